The minimum absolute atomic E-state index is 0.0280. The smallest absolute Gasteiger partial charge is 0.420 e. The molecule has 1 atom stereocenters. The van der Waals surface area contributed by atoms with Crippen LogP contribution in [0.25, 0.3) is 0 Å². The average molecular weight is 508 g/mol. The molecule has 1 heterocycles. The van der Waals surface area contributed by atoms with E-state index >= 15 is 0 Å². The molecular weight excluding hydrogens is 493 g/mol. The molecule has 2 aromatic rings. The molecule has 0 radical (unpaired) electrons. The van der Waals surface area contributed by atoms with Crippen LogP contribution in [0, 0.1) is 0 Å². The van der Waals surface area contributed by atoms with Gasteiger partial charge in [-0.3, -0.25) is 14.5 Å². The molecule has 1 aliphatic heterocycles. The SMILES string of the molecule is CN1C(=O)CC(C(=O)Nc2ccc(OC(F)(F)Cl)cc2)SC1=Nc1cccc(C(F)(F)F)c1. The van der Waals surface area contributed by atoms with E-state index in [1.165, 1.54) is 43.4 Å². The van der Waals surface area contributed by atoms with E-state index in [1.54, 1.807) is 0 Å². The molecule has 3 rings (SSSR count). The second kappa shape index (κ2) is 9.56. The van der Waals surface area contributed by atoms with Gasteiger partial charge in [0.1, 0.15) is 11.0 Å². The highest BCUT2D eigenvalue weighted by atomic mass is 35.5. The number of anilines is 1. The highest BCUT2D eigenvalue weighted by Crippen LogP contribution is 2.33. The first-order valence-electron chi connectivity index (χ1n) is 9.18. The number of nitrogens with zero attached hydrogens (tertiary/aromatic N) is 2. The number of carbonyl (C=O) groups excluding carboxylic acids is 2. The van der Waals surface area contributed by atoms with Crippen LogP contribution in [0.5, 0.6) is 5.75 Å². The predicted octanol–water partition coefficient (Wildman–Crippen LogP) is 5.46. The first-order chi connectivity index (χ1) is 15.3. The number of alkyl halides is 6. The second-order valence-corrected chi connectivity index (χ2v) is 8.38. The van der Waals surface area contributed by atoms with Gasteiger partial charge in [-0.15, -0.1) is 8.78 Å². The van der Waals surface area contributed by atoms with Gasteiger partial charge >= 0.3 is 11.7 Å². The molecule has 0 spiro atoms. The predicted molar refractivity (Wildman–Crippen MR) is 114 cm³/mol. The first kappa shape index (κ1) is 24.8. The van der Waals surface area contributed by atoms with Crippen LogP contribution in [-0.2, 0) is 15.8 Å². The maximum Gasteiger partial charge on any atom is 0.487 e. The summed E-state index contributed by atoms with van der Waals surface area (Å²) in [5.74, 6) is -1.25. The Morgan fingerprint density at radius 3 is 2.45 bits per heavy atom. The summed E-state index contributed by atoms with van der Waals surface area (Å²) < 4.78 is 68.4. The normalized spacial score (nSPS) is 18.4. The maximum atomic E-state index is 12.9. The summed E-state index contributed by atoms with van der Waals surface area (Å²) in [4.78, 5) is 30.2. The fourth-order valence-corrected chi connectivity index (χ4v) is 3.88. The van der Waals surface area contributed by atoms with Crippen LogP contribution in [0.4, 0.5) is 33.3 Å². The van der Waals surface area contributed by atoms with Crippen LogP contribution in [-0.4, -0.2) is 39.7 Å². The molecule has 0 saturated carbocycles. The number of carbonyl (C=O) groups is 2. The van der Waals surface area contributed by atoms with E-state index in [0.29, 0.717) is 0 Å². The number of nitrogens with one attached hydrogen (secondary N) is 1. The van der Waals surface area contributed by atoms with Crippen molar-refractivity contribution in [2.75, 3.05) is 12.4 Å². The molecule has 0 bridgehead atoms. The minimum Gasteiger partial charge on any atom is -0.420 e. The molecule has 1 unspecified atom stereocenters. The van der Waals surface area contributed by atoms with Gasteiger partial charge in [-0.05, 0) is 42.5 Å². The van der Waals surface area contributed by atoms with Crippen molar-refractivity contribution < 1.29 is 36.3 Å². The van der Waals surface area contributed by atoms with Crippen LogP contribution in [0.2, 0.25) is 0 Å². The van der Waals surface area contributed by atoms with Crippen molar-refractivity contribution in [2.45, 2.75) is 23.4 Å². The number of amidine groups is 1. The van der Waals surface area contributed by atoms with Crippen LogP contribution in [0.3, 0.4) is 0 Å². The van der Waals surface area contributed by atoms with Gasteiger partial charge in [-0.2, -0.15) is 13.2 Å². The van der Waals surface area contributed by atoms with E-state index in [1.807, 2.05) is 0 Å². The highest BCUT2D eigenvalue weighted by Gasteiger charge is 2.35. The van der Waals surface area contributed by atoms with Gasteiger partial charge in [0.05, 0.1) is 11.3 Å². The molecule has 176 valence electrons. The fraction of sp³-hybridized carbons (Fsp3) is 0.250. The number of halogens is 6. The van der Waals surface area contributed by atoms with Crippen LogP contribution in [0.15, 0.2) is 53.5 Å². The van der Waals surface area contributed by atoms with Gasteiger partial charge in [0.2, 0.25) is 11.8 Å². The number of rotatable bonds is 5. The fourth-order valence-electron chi connectivity index (χ4n) is 2.72. The molecular formula is C20H15ClF5N3O3S. The quantitative estimate of drug-likeness (QED) is 0.431. The van der Waals surface area contributed by atoms with Gasteiger partial charge in [0, 0.05) is 30.8 Å². The van der Waals surface area contributed by atoms with Crippen molar-refractivity contribution in [3.05, 3.63) is 54.1 Å². The standard InChI is InChI=1S/C20H15ClF5N3O3S/c1-29-16(30)10-15(17(31)27-12-5-7-14(8-6-12)32-20(21,25)26)33-18(29)28-13-4-2-3-11(9-13)19(22,23)24/h2-9,15H,10H2,1H3,(H,27,31). The topological polar surface area (TPSA) is 71.0 Å². The third-order valence-electron chi connectivity index (χ3n) is 4.31. The van der Waals surface area contributed by atoms with E-state index < -0.39 is 34.4 Å². The highest BCUT2D eigenvalue weighted by molar-refractivity contribution is 8.15. The number of ether oxygens (including phenoxy) is 1. The molecule has 2 aromatic carbocycles. The zero-order valence-corrected chi connectivity index (χ0v) is 18.3. The van der Waals surface area contributed by atoms with Crippen LogP contribution in [0.1, 0.15) is 12.0 Å². The van der Waals surface area contributed by atoms with E-state index in [0.717, 1.165) is 28.8 Å². The van der Waals surface area contributed by atoms with E-state index in [2.05, 4.69) is 15.0 Å². The number of hydrogen-bond acceptors (Lipinski definition) is 5. The molecule has 33 heavy (non-hydrogen) atoms. The first-order valence-corrected chi connectivity index (χ1v) is 10.4. The number of aliphatic imine (C=N–C) groups is 1. The Morgan fingerprint density at radius 1 is 1.18 bits per heavy atom. The molecule has 1 fully saturated rings. The van der Waals surface area contributed by atoms with Crippen molar-refractivity contribution in [1.29, 1.82) is 0 Å². The summed E-state index contributed by atoms with van der Waals surface area (Å²) in [6.45, 7) is 0. The summed E-state index contributed by atoms with van der Waals surface area (Å²) in [5.41, 5.74) is -4.56. The Morgan fingerprint density at radius 2 is 1.85 bits per heavy atom. The second-order valence-electron chi connectivity index (χ2n) is 6.77. The maximum absolute atomic E-state index is 12.9. The van der Waals surface area contributed by atoms with E-state index in [9.17, 15) is 31.5 Å². The third-order valence-corrected chi connectivity index (χ3v) is 5.63. The lowest BCUT2D eigenvalue weighted by Crippen LogP contribution is -2.43. The summed E-state index contributed by atoms with van der Waals surface area (Å²) >= 11 is 5.60. The molecule has 2 amide bonds. The zero-order chi connectivity index (χ0) is 24.4. The third kappa shape index (κ3) is 6.81. The lowest BCUT2D eigenvalue weighted by atomic mass is 10.2. The van der Waals surface area contributed by atoms with Gasteiger partial charge in [0.15, 0.2) is 5.17 Å². The van der Waals surface area contributed by atoms with E-state index in [4.69, 9.17) is 11.6 Å². The summed E-state index contributed by atoms with van der Waals surface area (Å²) in [7, 11) is 1.40. The van der Waals surface area contributed by atoms with Gasteiger partial charge in [0.25, 0.3) is 0 Å². The zero-order valence-electron chi connectivity index (χ0n) is 16.7. The Bertz CT molecular complexity index is 1070. The molecule has 0 aromatic heterocycles. The van der Waals surface area contributed by atoms with Crippen molar-refractivity contribution in [1.82, 2.24) is 4.90 Å². The van der Waals surface area contributed by atoms with Crippen LogP contribution < -0.4 is 10.1 Å². The number of amides is 2. The number of hydrogen-bond donors (Lipinski definition) is 1. The summed E-state index contributed by atoms with van der Waals surface area (Å²) in [6.07, 6.45) is -4.73. The Balaban J connectivity index is 1.74. The summed E-state index contributed by atoms with van der Waals surface area (Å²) in [5, 5.41) is 1.68. The van der Waals surface area contributed by atoms with Crippen molar-refractivity contribution in [3.8, 4) is 5.75 Å². The minimum atomic E-state index is -4.56. The Hall–Kier alpha value is -2.86. The molecule has 1 saturated heterocycles. The van der Waals surface area contributed by atoms with Crippen molar-refractivity contribution >= 4 is 51.7 Å². The van der Waals surface area contributed by atoms with Crippen molar-refractivity contribution in [2.24, 2.45) is 4.99 Å². The average Bonchev–Trinajstić information content (AvgIpc) is 2.71. The van der Waals surface area contributed by atoms with Gasteiger partial charge in [-0.1, -0.05) is 17.8 Å². The van der Waals surface area contributed by atoms with Crippen molar-refractivity contribution in [3.63, 3.8) is 0 Å². The largest absolute Gasteiger partial charge is 0.487 e. The van der Waals surface area contributed by atoms with Crippen LogP contribution >= 0.6 is 23.4 Å². The number of thioether (sulfide) groups is 1. The summed E-state index contributed by atoms with van der Waals surface area (Å²) in [6, 6.07) is 9.20. The van der Waals surface area contributed by atoms with E-state index in [-0.39, 0.29) is 28.7 Å². The Kier molecular flexibility index (Phi) is 7.17. The molecule has 13 heteroatoms. The molecule has 1 aliphatic rings. The number of benzene rings is 2. The Labute approximate surface area is 193 Å². The molecule has 6 nitrogen and oxygen atoms in total. The lowest BCUT2D eigenvalue weighted by molar-refractivity contribution is -0.137. The van der Waals surface area contributed by atoms with Gasteiger partial charge < -0.3 is 10.1 Å². The monoisotopic (exact) mass is 507 g/mol. The van der Waals surface area contributed by atoms with Gasteiger partial charge in [-0.25, -0.2) is 4.99 Å². The lowest BCUT2D eigenvalue weighted by Gasteiger charge is -2.28. The molecule has 0 aliphatic carbocycles. The molecule has 1 N–H and O–H groups in total.